The van der Waals surface area contributed by atoms with Gasteiger partial charge in [-0.15, -0.1) is 0 Å². The van der Waals surface area contributed by atoms with Gasteiger partial charge in [0, 0.05) is 18.2 Å². The number of nitrogens with zero attached hydrogens (tertiary/aromatic N) is 1. The van der Waals surface area contributed by atoms with Gasteiger partial charge in [0.05, 0.1) is 4.92 Å². The zero-order chi connectivity index (χ0) is 15.6. The van der Waals surface area contributed by atoms with Crippen molar-refractivity contribution in [3.63, 3.8) is 0 Å². The monoisotopic (exact) mass is 292 g/mol. The van der Waals surface area contributed by atoms with E-state index in [0.717, 1.165) is 29.3 Å². The number of hydrogen-bond donors (Lipinski definition) is 1. The summed E-state index contributed by atoms with van der Waals surface area (Å²) in [5.41, 5.74) is 1.98. The average molecular weight is 292 g/mol. The Bertz CT molecular complexity index is 702. The zero-order valence-electron chi connectivity index (χ0n) is 11.6. The quantitative estimate of drug-likeness (QED) is 0.681. The highest BCUT2D eigenvalue weighted by atomic mass is 19.1. The van der Waals surface area contributed by atoms with Gasteiger partial charge in [0.2, 0.25) is 0 Å². The summed E-state index contributed by atoms with van der Waals surface area (Å²) in [7, 11) is 0. The zero-order valence-corrected chi connectivity index (χ0v) is 11.6. The van der Waals surface area contributed by atoms with E-state index in [1.165, 1.54) is 6.07 Å². The van der Waals surface area contributed by atoms with E-state index >= 15 is 0 Å². The molecule has 0 heterocycles. The standard InChI is InChI=1S/C15H14F2N2O2/c1-9-5-14(15(19(20)21)6-10(9)2)18-8-11-7-12(16)3-4-13(11)17/h3-7,18H,8H2,1-2H3. The Morgan fingerprint density at radius 2 is 1.81 bits per heavy atom. The van der Waals surface area contributed by atoms with E-state index in [-0.39, 0.29) is 23.5 Å². The second-order valence-corrected chi connectivity index (χ2v) is 4.80. The Labute approximate surface area is 120 Å². The molecule has 0 aliphatic rings. The molecule has 2 aromatic rings. The van der Waals surface area contributed by atoms with Gasteiger partial charge in [-0.2, -0.15) is 0 Å². The number of nitro benzene ring substituents is 1. The van der Waals surface area contributed by atoms with Crippen LogP contribution in [0, 0.1) is 35.6 Å². The Kier molecular flexibility index (Phi) is 4.16. The van der Waals surface area contributed by atoms with Crippen LogP contribution in [-0.2, 0) is 6.54 Å². The third kappa shape index (κ3) is 3.34. The van der Waals surface area contributed by atoms with Crippen LogP contribution in [0.3, 0.4) is 0 Å². The van der Waals surface area contributed by atoms with Gasteiger partial charge in [-0.1, -0.05) is 0 Å². The summed E-state index contributed by atoms with van der Waals surface area (Å²) >= 11 is 0. The highest BCUT2D eigenvalue weighted by Crippen LogP contribution is 2.28. The van der Waals surface area contributed by atoms with Crippen molar-refractivity contribution in [3.8, 4) is 0 Å². The van der Waals surface area contributed by atoms with Crippen LogP contribution in [0.25, 0.3) is 0 Å². The molecule has 0 amide bonds. The Balaban J connectivity index is 2.29. The first-order valence-corrected chi connectivity index (χ1v) is 6.32. The molecule has 0 aliphatic carbocycles. The smallest absolute Gasteiger partial charge is 0.292 e. The van der Waals surface area contributed by atoms with Crippen molar-refractivity contribution in [2.45, 2.75) is 20.4 Å². The predicted octanol–water partition coefficient (Wildman–Crippen LogP) is 4.10. The van der Waals surface area contributed by atoms with Crippen LogP contribution in [0.15, 0.2) is 30.3 Å². The van der Waals surface area contributed by atoms with Gasteiger partial charge in [0.15, 0.2) is 0 Å². The number of rotatable bonds is 4. The molecule has 0 fully saturated rings. The van der Waals surface area contributed by atoms with Gasteiger partial charge >= 0.3 is 0 Å². The Hall–Kier alpha value is -2.50. The van der Waals surface area contributed by atoms with Gasteiger partial charge in [-0.25, -0.2) is 8.78 Å². The number of hydrogen-bond acceptors (Lipinski definition) is 3. The topological polar surface area (TPSA) is 55.2 Å². The molecule has 21 heavy (non-hydrogen) atoms. The first-order valence-electron chi connectivity index (χ1n) is 6.32. The third-order valence-electron chi connectivity index (χ3n) is 3.29. The van der Waals surface area contributed by atoms with Gasteiger partial charge in [-0.3, -0.25) is 10.1 Å². The van der Waals surface area contributed by atoms with Crippen LogP contribution in [0.1, 0.15) is 16.7 Å². The maximum Gasteiger partial charge on any atom is 0.292 e. The minimum atomic E-state index is -0.560. The summed E-state index contributed by atoms with van der Waals surface area (Å²) in [5.74, 6) is -1.11. The molecular formula is C15H14F2N2O2. The predicted molar refractivity (Wildman–Crippen MR) is 76.3 cm³/mol. The van der Waals surface area contributed by atoms with E-state index in [4.69, 9.17) is 0 Å². The number of halogens is 2. The molecular weight excluding hydrogens is 278 g/mol. The first-order chi connectivity index (χ1) is 9.88. The molecule has 0 unspecified atom stereocenters. The summed E-state index contributed by atoms with van der Waals surface area (Å²) in [6.45, 7) is 3.57. The fourth-order valence-electron chi connectivity index (χ4n) is 1.96. The molecule has 1 N–H and O–H groups in total. The molecule has 6 heteroatoms. The highest BCUT2D eigenvalue weighted by Gasteiger charge is 2.15. The summed E-state index contributed by atoms with van der Waals surface area (Å²) in [6, 6.07) is 6.21. The molecule has 0 saturated carbocycles. The molecule has 0 spiro atoms. The van der Waals surface area contributed by atoms with Crippen LogP contribution < -0.4 is 5.32 Å². The molecule has 0 bridgehead atoms. The largest absolute Gasteiger partial charge is 0.375 e. The normalized spacial score (nSPS) is 10.5. The van der Waals surface area contributed by atoms with Crippen LogP contribution >= 0.6 is 0 Å². The fourth-order valence-corrected chi connectivity index (χ4v) is 1.96. The highest BCUT2D eigenvalue weighted by molar-refractivity contribution is 5.64. The van der Waals surface area contributed by atoms with Gasteiger partial charge in [0.1, 0.15) is 17.3 Å². The van der Waals surface area contributed by atoms with Crippen molar-refractivity contribution in [1.82, 2.24) is 0 Å². The van der Waals surface area contributed by atoms with E-state index in [9.17, 15) is 18.9 Å². The second kappa shape index (κ2) is 5.87. The number of nitrogens with one attached hydrogen (secondary N) is 1. The number of aryl methyl sites for hydroxylation is 2. The Morgan fingerprint density at radius 1 is 1.14 bits per heavy atom. The van der Waals surface area contributed by atoms with E-state index in [1.807, 2.05) is 6.92 Å². The minimum Gasteiger partial charge on any atom is -0.375 e. The molecule has 0 saturated heterocycles. The molecule has 110 valence electrons. The van der Waals surface area contributed by atoms with Crippen molar-refractivity contribution in [2.24, 2.45) is 0 Å². The van der Waals surface area contributed by atoms with E-state index < -0.39 is 16.6 Å². The van der Waals surface area contributed by atoms with Crippen molar-refractivity contribution in [1.29, 1.82) is 0 Å². The summed E-state index contributed by atoms with van der Waals surface area (Å²) in [4.78, 5) is 10.5. The molecule has 2 rings (SSSR count). The lowest BCUT2D eigenvalue weighted by molar-refractivity contribution is -0.384. The maximum atomic E-state index is 13.5. The maximum absolute atomic E-state index is 13.5. The SMILES string of the molecule is Cc1cc(NCc2cc(F)ccc2F)c([N+](=O)[O-])cc1C. The van der Waals surface area contributed by atoms with Crippen LogP contribution in [-0.4, -0.2) is 4.92 Å². The lowest BCUT2D eigenvalue weighted by Crippen LogP contribution is -2.05. The summed E-state index contributed by atoms with van der Waals surface area (Å²) in [5, 5.41) is 13.8. The van der Waals surface area contributed by atoms with Crippen molar-refractivity contribution >= 4 is 11.4 Å². The van der Waals surface area contributed by atoms with Crippen LogP contribution in [0.2, 0.25) is 0 Å². The molecule has 0 radical (unpaired) electrons. The van der Waals surface area contributed by atoms with Crippen LogP contribution in [0.5, 0.6) is 0 Å². The number of nitro groups is 1. The lowest BCUT2D eigenvalue weighted by Gasteiger charge is -2.10. The molecule has 4 nitrogen and oxygen atoms in total. The lowest BCUT2D eigenvalue weighted by atomic mass is 10.1. The van der Waals surface area contributed by atoms with E-state index in [0.29, 0.717) is 0 Å². The van der Waals surface area contributed by atoms with Gasteiger partial charge in [0.25, 0.3) is 5.69 Å². The van der Waals surface area contributed by atoms with Crippen LogP contribution in [0.4, 0.5) is 20.2 Å². The van der Waals surface area contributed by atoms with Crippen molar-refractivity contribution in [3.05, 3.63) is 68.8 Å². The van der Waals surface area contributed by atoms with E-state index in [2.05, 4.69) is 5.32 Å². The second-order valence-electron chi connectivity index (χ2n) is 4.80. The molecule has 2 aromatic carbocycles. The molecule has 0 aliphatic heterocycles. The van der Waals surface area contributed by atoms with Gasteiger partial charge < -0.3 is 5.32 Å². The fraction of sp³-hybridized carbons (Fsp3) is 0.200. The van der Waals surface area contributed by atoms with Gasteiger partial charge in [-0.05, 0) is 49.2 Å². The van der Waals surface area contributed by atoms with Crippen molar-refractivity contribution in [2.75, 3.05) is 5.32 Å². The number of anilines is 1. The average Bonchev–Trinajstić information content (AvgIpc) is 2.42. The molecule has 0 atom stereocenters. The number of benzene rings is 2. The first kappa shape index (κ1) is 14.9. The summed E-state index contributed by atoms with van der Waals surface area (Å²) < 4.78 is 26.6. The Morgan fingerprint density at radius 3 is 2.48 bits per heavy atom. The summed E-state index contributed by atoms with van der Waals surface area (Å²) in [6.07, 6.45) is 0. The molecule has 0 aromatic heterocycles. The third-order valence-corrected chi connectivity index (χ3v) is 3.29. The minimum absolute atomic E-state index is 0.0348. The van der Waals surface area contributed by atoms with E-state index in [1.54, 1.807) is 13.0 Å². The van der Waals surface area contributed by atoms with Crippen molar-refractivity contribution < 1.29 is 13.7 Å².